The topological polar surface area (TPSA) is 92.5 Å². The van der Waals surface area contributed by atoms with Crippen molar-refractivity contribution >= 4 is 32.7 Å². The highest BCUT2D eigenvalue weighted by molar-refractivity contribution is 7.89. The number of nitrogens with one attached hydrogen (secondary N) is 1. The summed E-state index contributed by atoms with van der Waals surface area (Å²) in [5, 5.41) is 2.83. The average molecular weight is 450 g/mol. The molecule has 1 heterocycles. The Hall–Kier alpha value is -3.49. The van der Waals surface area contributed by atoms with Crippen molar-refractivity contribution in [3.63, 3.8) is 0 Å². The largest absolute Gasteiger partial charge is 0.436 e. The first kappa shape index (κ1) is 21.7. The van der Waals surface area contributed by atoms with Crippen molar-refractivity contribution in [3.05, 3.63) is 78.4 Å². The van der Waals surface area contributed by atoms with E-state index in [1.54, 1.807) is 32.0 Å². The highest BCUT2D eigenvalue weighted by atomic mass is 32.2. The maximum Gasteiger partial charge on any atom is 0.255 e. The summed E-state index contributed by atoms with van der Waals surface area (Å²) in [7, 11) is -2.07. The summed E-state index contributed by atoms with van der Waals surface area (Å²) < 4.78 is 32.3. The number of aromatic nitrogens is 1. The maximum atomic E-state index is 12.7. The normalized spacial score (nSPS) is 11.9. The van der Waals surface area contributed by atoms with E-state index in [-0.39, 0.29) is 16.8 Å². The van der Waals surface area contributed by atoms with Crippen LogP contribution in [0.15, 0.2) is 82.1 Å². The number of para-hydroxylation sites is 2. The fraction of sp³-hybridized carbons (Fsp3) is 0.167. The third-order valence-electron chi connectivity index (χ3n) is 5.18. The predicted molar refractivity (Wildman–Crippen MR) is 124 cm³/mol. The number of oxazole rings is 1. The lowest BCUT2D eigenvalue weighted by molar-refractivity contribution is 0.102. The van der Waals surface area contributed by atoms with Gasteiger partial charge in [-0.2, -0.15) is 4.31 Å². The monoisotopic (exact) mass is 449 g/mol. The first-order chi connectivity index (χ1) is 15.3. The van der Waals surface area contributed by atoms with Crippen molar-refractivity contribution in [2.24, 2.45) is 0 Å². The van der Waals surface area contributed by atoms with Gasteiger partial charge in [-0.25, -0.2) is 13.4 Å². The van der Waals surface area contributed by atoms with E-state index in [1.807, 2.05) is 30.3 Å². The number of rotatable bonds is 6. The smallest absolute Gasteiger partial charge is 0.255 e. The average Bonchev–Trinajstić information content (AvgIpc) is 3.23. The first-order valence-electron chi connectivity index (χ1n) is 10.1. The van der Waals surface area contributed by atoms with E-state index < -0.39 is 10.0 Å². The number of nitrogens with zero attached hydrogens (tertiary/aromatic N) is 2. The molecule has 1 amide bonds. The van der Waals surface area contributed by atoms with E-state index in [0.717, 1.165) is 11.1 Å². The van der Waals surface area contributed by atoms with Gasteiger partial charge in [-0.05, 0) is 68.4 Å². The molecule has 4 rings (SSSR count). The summed E-state index contributed by atoms with van der Waals surface area (Å²) in [6.07, 6.45) is 0. The minimum atomic E-state index is -3.60. The Morgan fingerprint density at radius 2 is 1.72 bits per heavy atom. The first-order valence-corrected chi connectivity index (χ1v) is 11.5. The summed E-state index contributed by atoms with van der Waals surface area (Å²) in [5.41, 5.74) is 3.11. The molecule has 4 aromatic rings. The lowest BCUT2D eigenvalue weighted by atomic mass is 10.1. The molecular formula is C24H23N3O4S. The highest BCUT2D eigenvalue weighted by Crippen LogP contribution is 2.26. The van der Waals surface area contributed by atoms with Crippen molar-refractivity contribution in [2.45, 2.75) is 24.8 Å². The van der Waals surface area contributed by atoms with Crippen LogP contribution in [0, 0.1) is 0 Å². The van der Waals surface area contributed by atoms with Gasteiger partial charge in [-0.3, -0.25) is 4.79 Å². The highest BCUT2D eigenvalue weighted by Gasteiger charge is 2.23. The van der Waals surface area contributed by atoms with Gasteiger partial charge in [0.2, 0.25) is 15.9 Å². The number of anilines is 1. The second kappa shape index (κ2) is 8.57. The predicted octanol–water partition coefficient (Wildman–Crippen LogP) is 4.78. The van der Waals surface area contributed by atoms with E-state index in [0.29, 0.717) is 22.7 Å². The van der Waals surface area contributed by atoms with Crippen LogP contribution in [-0.2, 0) is 10.0 Å². The molecule has 0 radical (unpaired) electrons. The Balaban J connectivity index is 1.52. The Bertz CT molecular complexity index is 1340. The second-order valence-electron chi connectivity index (χ2n) is 7.66. The Kier molecular flexibility index (Phi) is 5.82. The molecule has 0 saturated carbocycles. The molecule has 0 aliphatic rings. The molecule has 0 unspecified atom stereocenters. The summed E-state index contributed by atoms with van der Waals surface area (Å²) >= 11 is 0. The zero-order valence-corrected chi connectivity index (χ0v) is 18.8. The van der Waals surface area contributed by atoms with Gasteiger partial charge in [0.25, 0.3) is 5.91 Å². The number of hydrogen-bond donors (Lipinski definition) is 1. The molecule has 164 valence electrons. The van der Waals surface area contributed by atoms with E-state index in [4.69, 9.17) is 4.42 Å². The molecule has 7 nitrogen and oxygen atoms in total. The fourth-order valence-corrected chi connectivity index (χ4v) is 4.52. The molecular weight excluding hydrogens is 426 g/mol. The van der Waals surface area contributed by atoms with Crippen molar-refractivity contribution in [1.82, 2.24) is 9.29 Å². The maximum absolute atomic E-state index is 12.7. The fourth-order valence-electron chi connectivity index (χ4n) is 3.15. The van der Waals surface area contributed by atoms with Gasteiger partial charge in [0.05, 0.1) is 4.90 Å². The number of benzene rings is 3. The third kappa shape index (κ3) is 4.28. The van der Waals surface area contributed by atoms with Crippen LogP contribution < -0.4 is 5.32 Å². The van der Waals surface area contributed by atoms with Crippen LogP contribution >= 0.6 is 0 Å². The van der Waals surface area contributed by atoms with Crippen molar-refractivity contribution in [1.29, 1.82) is 0 Å². The van der Waals surface area contributed by atoms with E-state index in [9.17, 15) is 13.2 Å². The van der Waals surface area contributed by atoms with Crippen LogP contribution in [-0.4, -0.2) is 36.7 Å². The van der Waals surface area contributed by atoms with Gasteiger partial charge in [-0.1, -0.05) is 18.2 Å². The number of carbonyl (C=O) groups is 1. The van der Waals surface area contributed by atoms with Crippen molar-refractivity contribution in [2.75, 3.05) is 12.4 Å². The van der Waals surface area contributed by atoms with Gasteiger partial charge in [0.1, 0.15) is 5.52 Å². The lowest BCUT2D eigenvalue weighted by Gasteiger charge is -2.21. The minimum Gasteiger partial charge on any atom is -0.436 e. The molecule has 0 saturated heterocycles. The Labute approximate surface area is 186 Å². The third-order valence-corrected chi connectivity index (χ3v) is 7.23. The second-order valence-corrected chi connectivity index (χ2v) is 9.66. The molecule has 8 heteroatoms. The number of carbonyl (C=O) groups excluding carboxylic acids is 1. The van der Waals surface area contributed by atoms with E-state index in [1.165, 1.54) is 35.6 Å². The molecule has 0 fully saturated rings. The molecule has 0 atom stereocenters. The van der Waals surface area contributed by atoms with Crippen LogP contribution in [0.2, 0.25) is 0 Å². The van der Waals surface area contributed by atoms with Gasteiger partial charge < -0.3 is 9.73 Å². The zero-order valence-electron chi connectivity index (χ0n) is 17.9. The Morgan fingerprint density at radius 3 is 2.41 bits per heavy atom. The lowest BCUT2D eigenvalue weighted by Crippen LogP contribution is -2.33. The van der Waals surface area contributed by atoms with Gasteiger partial charge in [0.15, 0.2) is 5.58 Å². The molecule has 32 heavy (non-hydrogen) atoms. The molecule has 0 bridgehead atoms. The van der Waals surface area contributed by atoms with Crippen molar-refractivity contribution in [3.8, 4) is 11.5 Å². The van der Waals surface area contributed by atoms with E-state index >= 15 is 0 Å². The van der Waals surface area contributed by atoms with Crippen LogP contribution in [0.4, 0.5) is 5.69 Å². The quantitative estimate of drug-likeness (QED) is 0.457. The van der Waals surface area contributed by atoms with Crippen LogP contribution in [0.3, 0.4) is 0 Å². The number of hydrogen-bond acceptors (Lipinski definition) is 5. The van der Waals surface area contributed by atoms with Gasteiger partial charge >= 0.3 is 0 Å². The molecule has 1 N–H and O–H groups in total. The van der Waals surface area contributed by atoms with E-state index in [2.05, 4.69) is 10.3 Å². The van der Waals surface area contributed by atoms with Crippen LogP contribution in [0.5, 0.6) is 0 Å². The Morgan fingerprint density at radius 1 is 1.00 bits per heavy atom. The van der Waals surface area contributed by atoms with Crippen LogP contribution in [0.25, 0.3) is 22.6 Å². The standard InChI is InChI=1S/C24H23N3O4S/c1-16(2)27(3)32(29,30)20-13-11-17(12-14-20)23(28)25-19-8-6-7-18(15-19)24-26-21-9-4-5-10-22(21)31-24/h4-16H,1-3H3,(H,25,28). The SMILES string of the molecule is CC(C)N(C)S(=O)(=O)c1ccc(C(=O)Nc2cccc(-c3nc4ccccc4o3)c2)cc1. The molecule has 0 aliphatic heterocycles. The molecule has 1 aromatic heterocycles. The van der Waals surface area contributed by atoms with Crippen molar-refractivity contribution < 1.29 is 17.6 Å². The number of fused-ring (bicyclic) bond motifs is 1. The summed E-state index contributed by atoms with van der Waals surface area (Å²) in [5.74, 6) is 0.118. The summed E-state index contributed by atoms with van der Waals surface area (Å²) in [4.78, 5) is 17.3. The summed E-state index contributed by atoms with van der Waals surface area (Å²) in [6, 6.07) is 20.4. The molecule has 3 aromatic carbocycles. The van der Waals surface area contributed by atoms with Gasteiger partial charge in [-0.15, -0.1) is 0 Å². The summed E-state index contributed by atoms with van der Waals surface area (Å²) in [6.45, 7) is 3.60. The molecule has 0 spiro atoms. The number of amides is 1. The zero-order chi connectivity index (χ0) is 22.9. The minimum absolute atomic E-state index is 0.142. The molecule has 0 aliphatic carbocycles. The number of sulfonamides is 1. The van der Waals surface area contributed by atoms with Crippen LogP contribution in [0.1, 0.15) is 24.2 Å². The van der Waals surface area contributed by atoms with Gasteiger partial charge in [0, 0.05) is 29.9 Å².